The van der Waals surface area contributed by atoms with Crippen LogP contribution in [0, 0.1) is 0 Å². The van der Waals surface area contributed by atoms with Gasteiger partial charge in [-0.2, -0.15) is 26.3 Å². The molecule has 2 heterocycles. The molecular formula is C20H20F6N4O4S. The predicted octanol–water partition coefficient (Wildman–Crippen LogP) is 3.19. The van der Waals surface area contributed by atoms with Crippen LogP contribution in [0.2, 0.25) is 0 Å². The van der Waals surface area contributed by atoms with Gasteiger partial charge in [-0.3, -0.25) is 4.79 Å². The van der Waals surface area contributed by atoms with Crippen LogP contribution in [-0.4, -0.2) is 73.9 Å². The Morgan fingerprint density at radius 1 is 1.03 bits per heavy atom. The number of carbonyl (C=O) groups is 1. The molecule has 1 fully saturated rings. The van der Waals surface area contributed by atoms with Crippen molar-refractivity contribution >= 4 is 21.6 Å². The molecule has 15 heteroatoms. The molecule has 192 valence electrons. The van der Waals surface area contributed by atoms with Crippen LogP contribution in [0.5, 0.6) is 5.75 Å². The van der Waals surface area contributed by atoms with Crippen LogP contribution < -0.4 is 9.64 Å². The number of aromatic nitrogens is 2. The summed E-state index contributed by atoms with van der Waals surface area (Å²) in [6, 6.07) is 3.01. The molecule has 0 aliphatic carbocycles. The fraction of sp³-hybridized carbons (Fsp3) is 0.450. The number of hydrogen-bond donors (Lipinski definition) is 0. The van der Waals surface area contributed by atoms with Gasteiger partial charge in [0.15, 0.2) is 21.6 Å². The number of halogens is 6. The van der Waals surface area contributed by atoms with Crippen molar-refractivity contribution in [2.45, 2.75) is 30.3 Å². The monoisotopic (exact) mass is 526 g/mol. The highest BCUT2D eigenvalue weighted by atomic mass is 32.2. The highest BCUT2D eigenvalue weighted by molar-refractivity contribution is 7.90. The summed E-state index contributed by atoms with van der Waals surface area (Å²) >= 11 is 0. The first kappa shape index (κ1) is 26.5. The molecule has 1 aromatic heterocycles. The maximum absolute atomic E-state index is 13.1. The molecule has 8 nitrogen and oxygen atoms in total. The smallest absolute Gasteiger partial charge is 0.434 e. The SMILES string of the molecule is C[C@@H](Oc1ccc(S(C)(=O)=O)cc1C(=O)N1CCN(c2cnc(C(F)(F)F)cn2)CC1)C(F)(F)F. The number of amides is 1. The Kier molecular flexibility index (Phi) is 7.20. The van der Waals surface area contributed by atoms with Crippen molar-refractivity contribution in [2.75, 3.05) is 37.3 Å². The quantitative estimate of drug-likeness (QED) is 0.553. The molecule has 1 atom stereocenters. The largest absolute Gasteiger partial charge is 0.480 e. The number of alkyl halides is 6. The molecule has 3 rings (SSSR count). The van der Waals surface area contributed by atoms with Gasteiger partial charge in [-0.15, -0.1) is 0 Å². The average Bonchev–Trinajstić information content (AvgIpc) is 2.77. The minimum atomic E-state index is -4.72. The molecule has 0 saturated carbocycles. The average molecular weight is 526 g/mol. The summed E-state index contributed by atoms with van der Waals surface area (Å²) in [5, 5.41) is 0. The number of piperazine rings is 1. The molecular weight excluding hydrogens is 506 g/mol. The molecule has 1 aromatic carbocycles. The van der Waals surface area contributed by atoms with Crippen molar-refractivity contribution in [1.29, 1.82) is 0 Å². The zero-order valence-electron chi connectivity index (χ0n) is 18.4. The lowest BCUT2D eigenvalue weighted by Crippen LogP contribution is -2.49. The van der Waals surface area contributed by atoms with E-state index in [1.54, 1.807) is 4.90 Å². The normalized spacial score (nSPS) is 16.2. The van der Waals surface area contributed by atoms with Crippen molar-refractivity contribution in [3.63, 3.8) is 0 Å². The van der Waals surface area contributed by atoms with Crippen molar-refractivity contribution in [1.82, 2.24) is 14.9 Å². The van der Waals surface area contributed by atoms with Crippen LogP contribution in [0.25, 0.3) is 0 Å². The molecule has 0 unspecified atom stereocenters. The second-order valence-corrected chi connectivity index (χ2v) is 9.78. The van der Waals surface area contributed by atoms with Crippen LogP contribution in [0.4, 0.5) is 32.2 Å². The highest BCUT2D eigenvalue weighted by Crippen LogP contribution is 2.31. The van der Waals surface area contributed by atoms with E-state index in [2.05, 4.69) is 9.97 Å². The van der Waals surface area contributed by atoms with Crippen molar-refractivity contribution in [3.05, 3.63) is 41.9 Å². The summed E-state index contributed by atoms with van der Waals surface area (Å²) in [6.45, 7) is 1.12. The van der Waals surface area contributed by atoms with E-state index in [-0.39, 0.29) is 42.5 Å². The molecule has 1 aliphatic heterocycles. The lowest BCUT2D eigenvalue weighted by Gasteiger charge is -2.35. The number of anilines is 1. The fourth-order valence-corrected chi connectivity index (χ4v) is 3.85. The fourth-order valence-electron chi connectivity index (χ4n) is 3.21. The number of hydrogen-bond acceptors (Lipinski definition) is 7. The third-order valence-electron chi connectivity index (χ3n) is 5.19. The van der Waals surface area contributed by atoms with Crippen molar-refractivity contribution in [3.8, 4) is 5.75 Å². The van der Waals surface area contributed by atoms with Crippen LogP contribution >= 0.6 is 0 Å². The summed E-state index contributed by atoms with van der Waals surface area (Å²) in [7, 11) is -3.77. The Balaban J connectivity index is 1.79. The van der Waals surface area contributed by atoms with Crippen LogP contribution in [0.15, 0.2) is 35.5 Å². The van der Waals surface area contributed by atoms with Crippen LogP contribution in [0.1, 0.15) is 23.0 Å². The van der Waals surface area contributed by atoms with E-state index >= 15 is 0 Å². The van der Waals surface area contributed by atoms with E-state index in [1.165, 1.54) is 4.90 Å². The lowest BCUT2D eigenvalue weighted by molar-refractivity contribution is -0.189. The van der Waals surface area contributed by atoms with Gasteiger partial charge in [0.25, 0.3) is 5.91 Å². The Labute approximate surface area is 196 Å². The number of ether oxygens (including phenoxy) is 1. The summed E-state index contributed by atoms with van der Waals surface area (Å²) < 4.78 is 106. The molecule has 0 radical (unpaired) electrons. The second kappa shape index (κ2) is 9.51. The maximum atomic E-state index is 13.1. The van der Waals surface area contributed by atoms with Gasteiger partial charge < -0.3 is 14.5 Å². The third-order valence-corrected chi connectivity index (χ3v) is 6.30. The minimum Gasteiger partial charge on any atom is -0.480 e. The van der Waals surface area contributed by atoms with E-state index in [1.807, 2.05) is 0 Å². The number of nitrogens with zero attached hydrogens (tertiary/aromatic N) is 4. The summed E-state index contributed by atoms with van der Waals surface area (Å²) in [5.41, 5.74) is -1.51. The molecule has 35 heavy (non-hydrogen) atoms. The van der Waals surface area contributed by atoms with E-state index in [9.17, 15) is 39.6 Å². The first-order valence-electron chi connectivity index (χ1n) is 10.1. The van der Waals surface area contributed by atoms with E-state index in [0.29, 0.717) is 6.20 Å². The van der Waals surface area contributed by atoms with Gasteiger partial charge in [0.1, 0.15) is 11.6 Å². The third kappa shape index (κ3) is 6.32. The number of carbonyl (C=O) groups excluding carboxylic acids is 1. The zero-order chi connectivity index (χ0) is 26.2. The van der Waals surface area contributed by atoms with Gasteiger partial charge >= 0.3 is 12.4 Å². The van der Waals surface area contributed by atoms with E-state index in [4.69, 9.17) is 4.74 Å². The molecule has 0 bridgehead atoms. The van der Waals surface area contributed by atoms with Crippen LogP contribution in [0.3, 0.4) is 0 Å². The standard InChI is InChI=1S/C20H20F6N4O4S/c1-12(19(21,22)23)34-15-4-3-13(35(2,32)33)9-14(15)18(31)30-7-5-29(6-8-30)17-11-27-16(10-28-17)20(24,25)26/h3-4,9-12H,5-8H2,1-2H3/t12-/m1/s1. The predicted molar refractivity (Wildman–Crippen MR) is 111 cm³/mol. The molecule has 0 N–H and O–H groups in total. The topological polar surface area (TPSA) is 92.7 Å². The van der Waals surface area contributed by atoms with E-state index < -0.39 is 45.6 Å². The number of rotatable bonds is 5. The molecule has 1 saturated heterocycles. The van der Waals surface area contributed by atoms with Gasteiger partial charge in [0.05, 0.1) is 22.9 Å². The summed E-state index contributed by atoms with van der Waals surface area (Å²) in [4.78, 5) is 22.8. The Morgan fingerprint density at radius 2 is 1.66 bits per heavy atom. The molecule has 1 amide bonds. The van der Waals surface area contributed by atoms with Crippen molar-refractivity contribution in [2.24, 2.45) is 0 Å². The van der Waals surface area contributed by atoms with Gasteiger partial charge in [0, 0.05) is 32.4 Å². The minimum absolute atomic E-state index is 0.0406. The van der Waals surface area contributed by atoms with Crippen molar-refractivity contribution < 1.29 is 44.3 Å². The van der Waals surface area contributed by atoms with Gasteiger partial charge in [-0.05, 0) is 25.1 Å². The maximum Gasteiger partial charge on any atom is 0.434 e. The first-order chi connectivity index (χ1) is 16.1. The molecule has 1 aliphatic rings. The molecule has 2 aromatic rings. The van der Waals surface area contributed by atoms with Crippen LogP contribution in [-0.2, 0) is 16.0 Å². The Morgan fingerprint density at radius 3 is 2.14 bits per heavy atom. The number of sulfone groups is 1. The van der Waals surface area contributed by atoms with E-state index in [0.717, 1.165) is 37.6 Å². The van der Waals surface area contributed by atoms with Gasteiger partial charge in [0.2, 0.25) is 0 Å². The Bertz CT molecular complexity index is 1180. The second-order valence-electron chi connectivity index (χ2n) is 7.77. The first-order valence-corrected chi connectivity index (χ1v) is 12.0. The summed E-state index contributed by atoms with van der Waals surface area (Å²) in [6.07, 6.45) is -9.17. The zero-order valence-corrected chi connectivity index (χ0v) is 19.2. The highest BCUT2D eigenvalue weighted by Gasteiger charge is 2.39. The Hall–Kier alpha value is -3.10. The number of benzene rings is 1. The molecule has 0 spiro atoms. The van der Waals surface area contributed by atoms with Gasteiger partial charge in [-0.25, -0.2) is 18.4 Å². The lowest BCUT2D eigenvalue weighted by atomic mass is 10.1. The summed E-state index contributed by atoms with van der Waals surface area (Å²) in [5.74, 6) is -1.02. The van der Waals surface area contributed by atoms with Gasteiger partial charge in [-0.1, -0.05) is 0 Å².